The highest BCUT2D eigenvalue weighted by Gasteiger charge is 2.20. The summed E-state index contributed by atoms with van der Waals surface area (Å²) in [6.45, 7) is 0. The highest BCUT2D eigenvalue weighted by molar-refractivity contribution is 6.10. The van der Waals surface area contributed by atoms with Crippen LogP contribution in [0.1, 0.15) is 0 Å². The first-order valence-electron chi connectivity index (χ1n) is 20.6. The fourth-order valence-electron chi connectivity index (χ4n) is 8.92. The molecule has 11 rings (SSSR count). The smallest absolute Gasteiger partial charge is 0.0541 e. The van der Waals surface area contributed by atoms with Gasteiger partial charge in [-0.1, -0.05) is 182 Å². The van der Waals surface area contributed by atoms with Gasteiger partial charge in [-0.25, -0.2) is 0 Å². The van der Waals surface area contributed by atoms with Crippen molar-refractivity contribution in [2.24, 2.45) is 0 Å². The second kappa shape index (κ2) is 15.1. The minimum Gasteiger partial charge on any atom is -0.310 e. The van der Waals surface area contributed by atoms with Crippen LogP contribution < -0.4 is 4.90 Å². The van der Waals surface area contributed by atoms with E-state index in [-0.39, 0.29) is 0 Å². The molecule has 1 aromatic heterocycles. The number of hydrogen-bond donors (Lipinski definition) is 0. The van der Waals surface area contributed by atoms with Crippen molar-refractivity contribution >= 4 is 49.6 Å². The van der Waals surface area contributed by atoms with Gasteiger partial charge >= 0.3 is 0 Å². The molecule has 11 aromatic rings. The van der Waals surface area contributed by atoms with Crippen molar-refractivity contribution in [1.29, 1.82) is 0 Å². The van der Waals surface area contributed by atoms with Crippen LogP contribution in [0.15, 0.2) is 243 Å². The highest BCUT2D eigenvalue weighted by Crippen LogP contribution is 2.44. The van der Waals surface area contributed by atoms with Crippen molar-refractivity contribution in [2.45, 2.75) is 0 Å². The summed E-state index contributed by atoms with van der Waals surface area (Å²) in [4.78, 5) is 2.40. The van der Waals surface area contributed by atoms with Gasteiger partial charge < -0.3 is 9.47 Å². The average molecular weight is 765 g/mol. The molecule has 0 N–H and O–H groups in total. The maximum Gasteiger partial charge on any atom is 0.0541 e. The lowest BCUT2D eigenvalue weighted by atomic mass is 9.92. The van der Waals surface area contributed by atoms with E-state index in [1.807, 2.05) is 0 Å². The summed E-state index contributed by atoms with van der Waals surface area (Å²) >= 11 is 0. The molecule has 2 nitrogen and oxygen atoms in total. The molecule has 0 radical (unpaired) electrons. The average Bonchev–Trinajstić information content (AvgIpc) is 3.66. The number of aromatic nitrogens is 1. The number of nitrogens with zero attached hydrogens (tertiary/aromatic N) is 2. The number of benzene rings is 10. The molecule has 0 aliphatic carbocycles. The summed E-state index contributed by atoms with van der Waals surface area (Å²) in [5.41, 5.74) is 16.2. The molecular weight excluding hydrogens is 725 g/mol. The summed E-state index contributed by atoms with van der Waals surface area (Å²) in [7, 11) is 0. The molecule has 0 atom stereocenters. The third kappa shape index (κ3) is 6.32. The normalized spacial score (nSPS) is 11.3. The van der Waals surface area contributed by atoms with E-state index in [1.54, 1.807) is 0 Å². The molecule has 0 amide bonds. The van der Waals surface area contributed by atoms with E-state index in [1.165, 1.54) is 66.0 Å². The molecule has 0 fully saturated rings. The lowest BCUT2D eigenvalue weighted by molar-refractivity contribution is 1.18. The van der Waals surface area contributed by atoms with Gasteiger partial charge in [0.25, 0.3) is 0 Å². The monoisotopic (exact) mass is 764 g/mol. The molecule has 60 heavy (non-hydrogen) atoms. The van der Waals surface area contributed by atoms with Crippen LogP contribution in [0.25, 0.3) is 82.8 Å². The minimum atomic E-state index is 1.08. The molecule has 1 heterocycles. The topological polar surface area (TPSA) is 8.17 Å². The van der Waals surface area contributed by atoms with E-state index in [9.17, 15) is 0 Å². The van der Waals surface area contributed by atoms with Gasteiger partial charge in [-0.15, -0.1) is 0 Å². The number of hydrogen-bond acceptors (Lipinski definition) is 1. The van der Waals surface area contributed by atoms with E-state index in [0.717, 1.165) is 33.9 Å². The van der Waals surface area contributed by atoms with Gasteiger partial charge in [0.05, 0.1) is 16.7 Å². The number of fused-ring (bicyclic) bond motifs is 4. The Bertz CT molecular complexity index is 3250. The third-order valence-corrected chi connectivity index (χ3v) is 11.8. The van der Waals surface area contributed by atoms with Crippen LogP contribution in [0.2, 0.25) is 0 Å². The molecule has 2 heteroatoms. The van der Waals surface area contributed by atoms with Crippen LogP contribution in [0.3, 0.4) is 0 Å². The summed E-state index contributed by atoms with van der Waals surface area (Å²) in [5, 5.41) is 4.98. The van der Waals surface area contributed by atoms with Gasteiger partial charge in [-0.05, 0) is 110 Å². The predicted octanol–water partition coefficient (Wildman–Crippen LogP) is 16.1. The van der Waals surface area contributed by atoms with Crippen molar-refractivity contribution < 1.29 is 0 Å². The maximum atomic E-state index is 2.43. The first-order valence-corrected chi connectivity index (χ1v) is 20.6. The van der Waals surface area contributed by atoms with Gasteiger partial charge in [0.2, 0.25) is 0 Å². The quantitative estimate of drug-likeness (QED) is 0.150. The lowest BCUT2D eigenvalue weighted by Crippen LogP contribution is -2.10. The third-order valence-electron chi connectivity index (χ3n) is 11.8. The summed E-state index contributed by atoms with van der Waals surface area (Å²) in [6.07, 6.45) is 0. The van der Waals surface area contributed by atoms with Gasteiger partial charge in [0.1, 0.15) is 0 Å². The van der Waals surface area contributed by atoms with Gasteiger partial charge in [0.15, 0.2) is 0 Å². The molecule has 282 valence electrons. The van der Waals surface area contributed by atoms with Gasteiger partial charge in [-0.3, -0.25) is 0 Å². The van der Waals surface area contributed by atoms with Crippen molar-refractivity contribution in [1.82, 2.24) is 4.57 Å². The van der Waals surface area contributed by atoms with Crippen molar-refractivity contribution in [2.75, 3.05) is 4.90 Å². The molecule has 0 spiro atoms. The van der Waals surface area contributed by atoms with Crippen LogP contribution >= 0.6 is 0 Å². The first kappa shape index (κ1) is 35.2. The first-order chi connectivity index (χ1) is 29.8. The zero-order valence-electron chi connectivity index (χ0n) is 33.0. The number of para-hydroxylation sites is 3. The largest absolute Gasteiger partial charge is 0.310 e. The summed E-state index contributed by atoms with van der Waals surface area (Å²) in [5.74, 6) is 0. The van der Waals surface area contributed by atoms with Crippen molar-refractivity contribution in [3.05, 3.63) is 243 Å². The molecule has 0 saturated heterocycles. The fraction of sp³-hybridized carbons (Fsp3) is 0. The number of anilines is 3. The second-order valence-corrected chi connectivity index (χ2v) is 15.3. The summed E-state index contributed by atoms with van der Waals surface area (Å²) in [6, 6.07) is 88.0. The summed E-state index contributed by atoms with van der Waals surface area (Å²) < 4.78 is 2.43. The highest BCUT2D eigenvalue weighted by atomic mass is 15.1. The van der Waals surface area contributed by atoms with Crippen molar-refractivity contribution in [3.8, 4) is 50.2 Å². The molecule has 0 saturated carbocycles. The molecular formula is C58H40N2. The van der Waals surface area contributed by atoms with E-state index < -0.39 is 0 Å². The van der Waals surface area contributed by atoms with E-state index in [2.05, 4.69) is 252 Å². The Hall–Kier alpha value is -7.94. The van der Waals surface area contributed by atoms with E-state index in [0.29, 0.717) is 0 Å². The van der Waals surface area contributed by atoms with Crippen LogP contribution in [0, 0.1) is 0 Å². The Morgan fingerprint density at radius 3 is 1.55 bits per heavy atom. The molecule has 0 bridgehead atoms. The second-order valence-electron chi connectivity index (χ2n) is 15.3. The Morgan fingerprint density at radius 1 is 0.267 bits per heavy atom. The maximum absolute atomic E-state index is 2.43. The van der Waals surface area contributed by atoms with Gasteiger partial charge in [0, 0.05) is 33.4 Å². The van der Waals surface area contributed by atoms with Gasteiger partial charge in [-0.2, -0.15) is 0 Å². The Labute approximate surface area is 350 Å². The standard InChI is InChI=1S/C58H40N2/c1-3-16-41(17-4-1)43-32-34-48(35-33-43)59(49-23-15-22-46(39-49)47-31-30-42-18-7-8-21-45(42)38-47)50-36-37-51(55(40-50)44-19-5-2-6-20-44)52-24-9-12-27-56(52)60-57-28-13-10-25-53(57)54-26-11-14-29-58(54)60/h1-40H. The van der Waals surface area contributed by atoms with E-state index in [4.69, 9.17) is 0 Å². The molecule has 0 aliphatic rings. The van der Waals surface area contributed by atoms with Crippen LogP contribution in [-0.4, -0.2) is 4.57 Å². The Kier molecular flexibility index (Phi) is 8.87. The van der Waals surface area contributed by atoms with Crippen LogP contribution in [0.4, 0.5) is 17.1 Å². The zero-order chi connectivity index (χ0) is 39.8. The number of rotatable bonds is 8. The van der Waals surface area contributed by atoms with E-state index >= 15 is 0 Å². The lowest BCUT2D eigenvalue weighted by Gasteiger charge is -2.28. The molecule has 0 aliphatic heterocycles. The van der Waals surface area contributed by atoms with Crippen molar-refractivity contribution in [3.63, 3.8) is 0 Å². The Morgan fingerprint density at radius 2 is 0.800 bits per heavy atom. The SMILES string of the molecule is c1ccc(-c2ccc(N(c3cccc(-c4ccc5ccccc5c4)c3)c3ccc(-c4ccccc4-n4c5ccccc5c5ccccc54)c(-c4ccccc4)c3)cc2)cc1. The van der Waals surface area contributed by atoms with Crippen LogP contribution in [-0.2, 0) is 0 Å². The minimum absolute atomic E-state index is 1.08. The van der Waals surface area contributed by atoms with Crippen LogP contribution in [0.5, 0.6) is 0 Å². The molecule has 0 unspecified atom stereocenters. The molecule has 10 aromatic carbocycles. The predicted molar refractivity (Wildman–Crippen MR) is 255 cm³/mol. The fourth-order valence-corrected chi connectivity index (χ4v) is 8.92. The zero-order valence-corrected chi connectivity index (χ0v) is 33.0. The Balaban J connectivity index is 1.10.